The van der Waals surface area contributed by atoms with Crippen molar-refractivity contribution in [1.29, 1.82) is 0 Å². The summed E-state index contributed by atoms with van der Waals surface area (Å²) in [6.45, 7) is 2.32. The highest BCUT2D eigenvalue weighted by Crippen LogP contribution is 2.17. The van der Waals surface area contributed by atoms with Crippen LogP contribution in [-0.4, -0.2) is 26.5 Å². The third-order valence-corrected chi connectivity index (χ3v) is 2.76. The van der Waals surface area contributed by atoms with Crippen molar-refractivity contribution in [1.82, 2.24) is 14.8 Å². The Bertz CT molecular complexity index is 523. The second-order valence-corrected chi connectivity index (χ2v) is 4.10. The van der Waals surface area contributed by atoms with E-state index in [1.54, 1.807) is 6.20 Å². The number of rotatable bonds is 5. The maximum Gasteiger partial charge on any atom is 0.143 e. The van der Waals surface area contributed by atoms with E-state index in [-0.39, 0.29) is 6.61 Å². The summed E-state index contributed by atoms with van der Waals surface area (Å²) < 4.78 is 7.47. The van der Waals surface area contributed by atoms with Crippen molar-refractivity contribution in [3.8, 4) is 5.75 Å². The molecule has 2 aromatic heterocycles. The standard InChI is InChI=1S/C13H17N3O2/c1-10-3-4-13(12(9-17)15-10)18-8-6-11-5-7-14-16(11)2/h3-5,7,17H,6,8-9H2,1-2H3. The number of hydrogen-bond donors (Lipinski definition) is 1. The number of pyridine rings is 1. The lowest BCUT2D eigenvalue weighted by Crippen LogP contribution is -2.08. The van der Waals surface area contributed by atoms with Gasteiger partial charge >= 0.3 is 0 Å². The highest BCUT2D eigenvalue weighted by Gasteiger charge is 2.05. The van der Waals surface area contributed by atoms with Gasteiger partial charge in [-0.05, 0) is 25.1 Å². The zero-order valence-corrected chi connectivity index (χ0v) is 10.6. The maximum atomic E-state index is 9.21. The van der Waals surface area contributed by atoms with Crippen LogP contribution in [0.25, 0.3) is 0 Å². The summed E-state index contributed by atoms with van der Waals surface area (Å²) in [5.74, 6) is 0.644. The highest BCUT2D eigenvalue weighted by molar-refractivity contribution is 5.28. The molecule has 0 saturated carbocycles. The molecule has 0 bridgehead atoms. The van der Waals surface area contributed by atoms with Gasteiger partial charge in [-0.3, -0.25) is 9.67 Å². The molecule has 1 N–H and O–H groups in total. The first-order chi connectivity index (χ1) is 8.70. The van der Waals surface area contributed by atoms with Gasteiger partial charge < -0.3 is 9.84 Å². The molecule has 5 heteroatoms. The van der Waals surface area contributed by atoms with Crippen LogP contribution in [0.5, 0.6) is 5.75 Å². The molecule has 0 atom stereocenters. The Morgan fingerprint density at radius 3 is 2.83 bits per heavy atom. The van der Waals surface area contributed by atoms with Crippen LogP contribution in [0.15, 0.2) is 24.4 Å². The molecule has 2 aromatic rings. The Morgan fingerprint density at radius 1 is 1.33 bits per heavy atom. The van der Waals surface area contributed by atoms with Gasteiger partial charge in [-0.1, -0.05) is 0 Å². The number of nitrogens with zero attached hydrogens (tertiary/aromatic N) is 3. The maximum absolute atomic E-state index is 9.21. The fourth-order valence-corrected chi connectivity index (χ4v) is 1.75. The number of aryl methyl sites for hydroxylation is 2. The molecule has 0 aromatic carbocycles. The molecule has 96 valence electrons. The largest absolute Gasteiger partial charge is 0.491 e. The van der Waals surface area contributed by atoms with Crippen LogP contribution in [0.3, 0.4) is 0 Å². The molecule has 2 heterocycles. The Kier molecular flexibility index (Phi) is 3.94. The molecule has 0 amide bonds. The van der Waals surface area contributed by atoms with Gasteiger partial charge in [-0.2, -0.15) is 5.10 Å². The predicted octanol–water partition coefficient (Wildman–Crippen LogP) is 1.24. The number of ether oxygens (including phenoxy) is 1. The lowest BCUT2D eigenvalue weighted by molar-refractivity contribution is 0.257. The van der Waals surface area contributed by atoms with Crippen LogP contribution in [0.1, 0.15) is 17.1 Å². The Balaban J connectivity index is 1.96. The van der Waals surface area contributed by atoms with Crippen LogP contribution < -0.4 is 4.74 Å². The summed E-state index contributed by atoms with van der Waals surface area (Å²) in [5.41, 5.74) is 2.57. The molecule has 0 aliphatic rings. The molecule has 0 fully saturated rings. The van der Waals surface area contributed by atoms with Crippen molar-refractivity contribution in [3.05, 3.63) is 41.5 Å². The first-order valence-corrected chi connectivity index (χ1v) is 5.88. The zero-order valence-electron chi connectivity index (χ0n) is 10.6. The average Bonchev–Trinajstić information content (AvgIpc) is 2.77. The lowest BCUT2D eigenvalue weighted by Gasteiger charge is -2.10. The second-order valence-electron chi connectivity index (χ2n) is 4.10. The zero-order chi connectivity index (χ0) is 13.0. The number of aliphatic hydroxyl groups excluding tert-OH is 1. The monoisotopic (exact) mass is 247 g/mol. The SMILES string of the molecule is Cc1ccc(OCCc2ccnn2C)c(CO)n1. The van der Waals surface area contributed by atoms with Gasteiger partial charge in [0.1, 0.15) is 11.4 Å². The predicted molar refractivity (Wildman–Crippen MR) is 67.3 cm³/mol. The minimum atomic E-state index is -0.108. The van der Waals surface area contributed by atoms with Crippen molar-refractivity contribution in [2.45, 2.75) is 20.0 Å². The van der Waals surface area contributed by atoms with E-state index in [4.69, 9.17) is 4.74 Å². The average molecular weight is 247 g/mol. The van der Waals surface area contributed by atoms with Crippen molar-refractivity contribution >= 4 is 0 Å². The van der Waals surface area contributed by atoms with Crippen LogP contribution in [0, 0.1) is 6.92 Å². The van der Waals surface area contributed by atoms with E-state index >= 15 is 0 Å². The fourth-order valence-electron chi connectivity index (χ4n) is 1.75. The van der Waals surface area contributed by atoms with Gasteiger partial charge in [0, 0.05) is 31.1 Å². The third-order valence-electron chi connectivity index (χ3n) is 2.76. The molecule has 2 rings (SSSR count). The second kappa shape index (κ2) is 5.64. The van der Waals surface area contributed by atoms with E-state index in [0.717, 1.165) is 17.8 Å². The summed E-state index contributed by atoms with van der Waals surface area (Å²) >= 11 is 0. The number of aromatic nitrogens is 3. The van der Waals surface area contributed by atoms with E-state index < -0.39 is 0 Å². The number of aliphatic hydroxyl groups is 1. The van der Waals surface area contributed by atoms with E-state index in [2.05, 4.69) is 10.1 Å². The first kappa shape index (κ1) is 12.6. The fraction of sp³-hybridized carbons (Fsp3) is 0.385. The number of hydrogen-bond acceptors (Lipinski definition) is 4. The molecule has 0 aliphatic heterocycles. The van der Waals surface area contributed by atoms with E-state index in [1.807, 2.05) is 36.9 Å². The summed E-state index contributed by atoms with van der Waals surface area (Å²) in [6, 6.07) is 5.68. The summed E-state index contributed by atoms with van der Waals surface area (Å²) in [5, 5.41) is 13.3. The van der Waals surface area contributed by atoms with Crippen LogP contribution in [0.4, 0.5) is 0 Å². The van der Waals surface area contributed by atoms with Gasteiger partial charge in [0.2, 0.25) is 0 Å². The smallest absolute Gasteiger partial charge is 0.143 e. The van der Waals surface area contributed by atoms with E-state index in [1.165, 1.54) is 0 Å². The van der Waals surface area contributed by atoms with E-state index in [0.29, 0.717) is 18.1 Å². The molecule has 0 spiro atoms. The van der Waals surface area contributed by atoms with Gasteiger partial charge in [0.15, 0.2) is 0 Å². The van der Waals surface area contributed by atoms with Gasteiger partial charge in [-0.25, -0.2) is 0 Å². The molecule has 0 radical (unpaired) electrons. The van der Waals surface area contributed by atoms with E-state index in [9.17, 15) is 5.11 Å². The summed E-state index contributed by atoms with van der Waals surface area (Å²) in [7, 11) is 1.90. The molecule has 0 unspecified atom stereocenters. The molecule has 0 aliphatic carbocycles. The Morgan fingerprint density at radius 2 is 2.17 bits per heavy atom. The van der Waals surface area contributed by atoms with Gasteiger partial charge in [0.25, 0.3) is 0 Å². The van der Waals surface area contributed by atoms with Gasteiger partial charge in [0.05, 0.1) is 13.2 Å². The summed E-state index contributed by atoms with van der Waals surface area (Å²) in [6.07, 6.45) is 2.54. The summed E-state index contributed by atoms with van der Waals surface area (Å²) in [4.78, 5) is 4.23. The topological polar surface area (TPSA) is 60.2 Å². The first-order valence-electron chi connectivity index (χ1n) is 5.88. The van der Waals surface area contributed by atoms with Crippen molar-refractivity contribution < 1.29 is 9.84 Å². The van der Waals surface area contributed by atoms with Gasteiger partial charge in [-0.15, -0.1) is 0 Å². The van der Waals surface area contributed by atoms with Crippen molar-refractivity contribution in [3.63, 3.8) is 0 Å². The Hall–Kier alpha value is -1.88. The van der Waals surface area contributed by atoms with Crippen molar-refractivity contribution in [2.24, 2.45) is 7.05 Å². The quantitative estimate of drug-likeness (QED) is 0.863. The molecular formula is C13H17N3O2. The Labute approximate surface area is 106 Å². The minimum absolute atomic E-state index is 0.108. The lowest BCUT2D eigenvalue weighted by atomic mass is 10.3. The van der Waals surface area contributed by atoms with Crippen LogP contribution in [0.2, 0.25) is 0 Å². The van der Waals surface area contributed by atoms with Crippen LogP contribution in [-0.2, 0) is 20.1 Å². The molecule has 18 heavy (non-hydrogen) atoms. The molecule has 5 nitrogen and oxygen atoms in total. The van der Waals surface area contributed by atoms with Crippen LogP contribution >= 0.6 is 0 Å². The molecule has 0 saturated heterocycles. The molecular weight excluding hydrogens is 230 g/mol. The third kappa shape index (κ3) is 2.87. The highest BCUT2D eigenvalue weighted by atomic mass is 16.5. The normalized spacial score (nSPS) is 10.6. The van der Waals surface area contributed by atoms with Crippen molar-refractivity contribution in [2.75, 3.05) is 6.61 Å². The minimum Gasteiger partial charge on any atom is -0.491 e.